The van der Waals surface area contributed by atoms with Gasteiger partial charge in [-0.2, -0.15) is 4.31 Å². The minimum Gasteiger partial charge on any atom is -0.369 e. The third-order valence-electron chi connectivity index (χ3n) is 4.50. The zero-order chi connectivity index (χ0) is 20.5. The van der Waals surface area contributed by atoms with E-state index < -0.39 is 19.9 Å². The number of nitrogens with zero attached hydrogens (tertiary/aromatic N) is 2. The van der Waals surface area contributed by atoms with Crippen LogP contribution in [0.2, 0.25) is 5.02 Å². The van der Waals surface area contributed by atoms with Gasteiger partial charge >= 0.3 is 0 Å². The Bertz CT molecular complexity index is 1070. The summed E-state index contributed by atoms with van der Waals surface area (Å²) in [5.74, 6) is -0.710. The van der Waals surface area contributed by atoms with Gasteiger partial charge in [-0.15, -0.1) is 0 Å². The van der Waals surface area contributed by atoms with Crippen molar-refractivity contribution in [2.24, 2.45) is 0 Å². The number of benzene rings is 2. The molecule has 10 heteroatoms. The van der Waals surface area contributed by atoms with Crippen LogP contribution in [0.4, 0.5) is 10.1 Å². The molecular weight excluding hydrogens is 427 g/mol. The van der Waals surface area contributed by atoms with Crippen LogP contribution in [0.3, 0.4) is 0 Å². The fourth-order valence-corrected chi connectivity index (χ4v) is 5.96. The van der Waals surface area contributed by atoms with Crippen LogP contribution >= 0.6 is 11.6 Å². The number of sulfone groups is 1. The second-order valence-electron chi connectivity index (χ2n) is 6.69. The lowest BCUT2D eigenvalue weighted by atomic mass is 10.2. The molecule has 152 valence electrons. The molecule has 2 aromatic carbocycles. The van der Waals surface area contributed by atoms with Crippen LogP contribution in [0.15, 0.2) is 47.4 Å². The topological polar surface area (TPSA) is 74.8 Å². The first-order chi connectivity index (χ1) is 13.1. The monoisotopic (exact) mass is 446 g/mol. The van der Waals surface area contributed by atoms with Crippen molar-refractivity contribution in [1.29, 1.82) is 0 Å². The summed E-state index contributed by atoms with van der Waals surface area (Å²) in [7, 11) is -7.32. The molecule has 0 radical (unpaired) electrons. The molecule has 28 heavy (non-hydrogen) atoms. The maximum Gasteiger partial charge on any atom is 0.243 e. The van der Waals surface area contributed by atoms with E-state index in [4.69, 9.17) is 11.6 Å². The summed E-state index contributed by atoms with van der Waals surface area (Å²) in [6, 6.07) is 10.2. The molecule has 0 saturated carbocycles. The third kappa shape index (κ3) is 4.83. The van der Waals surface area contributed by atoms with Crippen LogP contribution in [0.25, 0.3) is 0 Å². The number of piperazine rings is 1. The Morgan fingerprint density at radius 2 is 1.57 bits per heavy atom. The molecule has 0 bridgehead atoms. The van der Waals surface area contributed by atoms with E-state index in [1.807, 2.05) is 4.90 Å². The molecule has 0 aliphatic carbocycles. The highest BCUT2D eigenvalue weighted by atomic mass is 35.5. The van der Waals surface area contributed by atoms with Crippen molar-refractivity contribution in [3.63, 3.8) is 0 Å². The fraction of sp³-hybridized carbons (Fsp3) is 0.333. The van der Waals surface area contributed by atoms with Crippen molar-refractivity contribution in [3.05, 3.63) is 58.9 Å². The van der Waals surface area contributed by atoms with Gasteiger partial charge in [0, 0.05) is 43.1 Å². The number of hydrogen-bond donors (Lipinski definition) is 0. The Morgan fingerprint density at radius 3 is 2.14 bits per heavy atom. The van der Waals surface area contributed by atoms with Crippen LogP contribution in [0, 0.1) is 5.82 Å². The molecule has 0 spiro atoms. The zero-order valence-corrected chi connectivity index (χ0v) is 17.6. The first-order valence-electron chi connectivity index (χ1n) is 8.53. The molecule has 1 heterocycles. The van der Waals surface area contributed by atoms with Gasteiger partial charge in [-0.05, 0) is 42.0 Å². The maximum absolute atomic E-state index is 13.1. The smallest absolute Gasteiger partial charge is 0.243 e. The Kier molecular flexibility index (Phi) is 6.00. The molecule has 1 aliphatic heterocycles. The quantitative estimate of drug-likeness (QED) is 0.705. The van der Waals surface area contributed by atoms with Gasteiger partial charge in [-0.25, -0.2) is 21.2 Å². The van der Waals surface area contributed by atoms with E-state index in [-0.39, 0.29) is 40.1 Å². The third-order valence-corrected chi connectivity index (χ3v) is 7.55. The summed E-state index contributed by atoms with van der Waals surface area (Å²) < 4.78 is 64.1. The summed E-state index contributed by atoms with van der Waals surface area (Å²) in [5.41, 5.74) is 1.02. The molecule has 1 fully saturated rings. The average molecular weight is 447 g/mol. The van der Waals surface area contributed by atoms with Gasteiger partial charge in [0.25, 0.3) is 0 Å². The van der Waals surface area contributed by atoms with Crippen molar-refractivity contribution in [3.8, 4) is 0 Å². The van der Waals surface area contributed by atoms with Crippen LogP contribution in [-0.2, 0) is 25.6 Å². The van der Waals surface area contributed by atoms with E-state index in [9.17, 15) is 21.2 Å². The average Bonchev–Trinajstić information content (AvgIpc) is 2.63. The van der Waals surface area contributed by atoms with Crippen LogP contribution in [0.5, 0.6) is 0 Å². The van der Waals surface area contributed by atoms with Gasteiger partial charge in [0.05, 0.1) is 10.6 Å². The molecule has 0 N–H and O–H groups in total. The molecule has 0 amide bonds. The molecule has 6 nitrogen and oxygen atoms in total. The molecule has 1 aliphatic rings. The van der Waals surface area contributed by atoms with E-state index in [0.29, 0.717) is 13.1 Å². The normalized spacial score (nSPS) is 16.3. The van der Waals surface area contributed by atoms with Gasteiger partial charge in [0.1, 0.15) is 5.82 Å². The van der Waals surface area contributed by atoms with Gasteiger partial charge < -0.3 is 4.90 Å². The summed E-state index contributed by atoms with van der Waals surface area (Å²) >= 11 is 5.98. The molecule has 1 saturated heterocycles. The molecule has 0 atom stereocenters. The maximum atomic E-state index is 13.1. The standard InChI is InChI=1S/C18H20ClFN2O4S2/c1-27(23,24)13-14-2-3-15(19)12-18(14)28(25,26)22-10-8-21(9-11-22)17-6-4-16(20)5-7-17/h2-7,12H,8-11,13H2,1H3. The van der Waals surface area contributed by atoms with E-state index in [0.717, 1.165) is 11.9 Å². The first kappa shape index (κ1) is 21.0. The van der Waals surface area contributed by atoms with Crippen molar-refractivity contribution in [1.82, 2.24) is 4.31 Å². The molecule has 0 unspecified atom stereocenters. The van der Waals surface area contributed by atoms with E-state index in [2.05, 4.69) is 0 Å². The van der Waals surface area contributed by atoms with Crippen molar-refractivity contribution in [2.45, 2.75) is 10.6 Å². The number of halogens is 2. The van der Waals surface area contributed by atoms with Crippen LogP contribution in [-0.4, -0.2) is 53.6 Å². The number of sulfonamides is 1. The molecule has 2 aromatic rings. The van der Waals surface area contributed by atoms with Crippen molar-refractivity contribution < 1.29 is 21.2 Å². The predicted molar refractivity (Wildman–Crippen MR) is 107 cm³/mol. The van der Waals surface area contributed by atoms with Gasteiger partial charge in [0.2, 0.25) is 10.0 Å². The Morgan fingerprint density at radius 1 is 0.964 bits per heavy atom. The molecular formula is C18H20ClFN2O4S2. The molecule has 0 aromatic heterocycles. The van der Waals surface area contributed by atoms with Crippen molar-refractivity contribution in [2.75, 3.05) is 37.3 Å². The second-order valence-corrected chi connectivity index (χ2v) is 11.2. The van der Waals surface area contributed by atoms with Crippen LogP contribution < -0.4 is 4.90 Å². The lowest BCUT2D eigenvalue weighted by Gasteiger charge is -2.35. The number of rotatable bonds is 5. The fourth-order valence-electron chi connectivity index (χ4n) is 3.15. The summed E-state index contributed by atoms with van der Waals surface area (Å²) in [4.78, 5) is 1.89. The lowest BCUT2D eigenvalue weighted by molar-refractivity contribution is 0.384. The van der Waals surface area contributed by atoms with Gasteiger partial charge in [-0.3, -0.25) is 0 Å². The minimum atomic E-state index is -3.90. The highest BCUT2D eigenvalue weighted by Gasteiger charge is 2.31. The lowest BCUT2D eigenvalue weighted by Crippen LogP contribution is -2.48. The SMILES string of the molecule is CS(=O)(=O)Cc1ccc(Cl)cc1S(=O)(=O)N1CCN(c2ccc(F)cc2)CC1. The Hall–Kier alpha value is -1.68. The Balaban J connectivity index is 1.83. The van der Waals surface area contributed by atoms with Crippen molar-refractivity contribution >= 4 is 37.1 Å². The second kappa shape index (κ2) is 7.98. The van der Waals surface area contributed by atoms with E-state index >= 15 is 0 Å². The summed E-state index contributed by atoms with van der Waals surface area (Å²) in [6.07, 6.45) is 1.06. The Labute approximate surface area is 169 Å². The minimum absolute atomic E-state index is 0.0827. The molecule has 3 rings (SSSR count). The highest BCUT2D eigenvalue weighted by molar-refractivity contribution is 7.90. The summed E-state index contributed by atoms with van der Waals surface area (Å²) in [5, 5.41) is 0.223. The van der Waals surface area contributed by atoms with Crippen LogP contribution in [0.1, 0.15) is 5.56 Å². The van der Waals surface area contributed by atoms with Gasteiger partial charge in [-0.1, -0.05) is 17.7 Å². The van der Waals surface area contributed by atoms with E-state index in [1.165, 1.54) is 34.6 Å². The number of anilines is 1. The highest BCUT2D eigenvalue weighted by Crippen LogP contribution is 2.27. The summed E-state index contributed by atoms with van der Waals surface area (Å²) in [6.45, 7) is 1.33. The first-order valence-corrected chi connectivity index (χ1v) is 12.4. The predicted octanol–water partition coefficient (Wildman–Crippen LogP) is 2.53. The largest absolute Gasteiger partial charge is 0.369 e. The van der Waals surface area contributed by atoms with E-state index in [1.54, 1.807) is 12.1 Å². The zero-order valence-electron chi connectivity index (χ0n) is 15.2. The van der Waals surface area contributed by atoms with Gasteiger partial charge in [0.15, 0.2) is 9.84 Å². The number of hydrogen-bond acceptors (Lipinski definition) is 5.